The van der Waals surface area contributed by atoms with E-state index in [1.165, 1.54) is 17.8 Å². The molecule has 1 atom stereocenters. The Labute approximate surface area is 94.0 Å². The molecule has 0 amide bonds. The molecule has 1 aromatic heterocycles. The van der Waals surface area contributed by atoms with Crippen LogP contribution in [0.15, 0.2) is 50.6 Å². The van der Waals surface area contributed by atoms with Crippen LogP contribution in [0.3, 0.4) is 0 Å². The number of fused-ring (bicyclic) bond motifs is 1. The van der Waals surface area contributed by atoms with Gasteiger partial charge in [-0.3, -0.25) is 4.99 Å². The fourth-order valence-corrected chi connectivity index (χ4v) is 2.47. The molecule has 1 aromatic rings. The van der Waals surface area contributed by atoms with E-state index in [0.29, 0.717) is 11.1 Å². The Morgan fingerprint density at radius 2 is 2.07 bits per heavy atom. The zero-order chi connectivity index (χ0) is 10.7. The molecule has 3 heterocycles. The molecule has 0 radical (unpaired) electrons. The summed E-state index contributed by atoms with van der Waals surface area (Å²) in [5.41, 5.74) is 1.18. The molecule has 0 spiro atoms. The smallest absolute Gasteiger partial charge is 0.367 e. The van der Waals surface area contributed by atoms with Crippen LogP contribution in [0.5, 0.6) is 0 Å². The van der Waals surface area contributed by atoms with Crippen LogP contribution >= 0.6 is 11.3 Å². The lowest BCUT2D eigenvalue weighted by atomic mass is 10.2. The van der Waals surface area contributed by atoms with E-state index >= 15 is 0 Å². The molecule has 15 heavy (non-hydrogen) atoms. The Kier molecular flexibility index (Phi) is 3.15. The molecule has 0 aliphatic carbocycles. The first kappa shape index (κ1) is 10.4. The monoisotopic (exact) mass is 237 g/mol. The van der Waals surface area contributed by atoms with Crippen LogP contribution in [-0.2, 0) is 16.0 Å². The van der Waals surface area contributed by atoms with Crippen molar-refractivity contribution in [1.82, 2.24) is 0 Å². The third-order valence-electron chi connectivity index (χ3n) is 1.79. The van der Waals surface area contributed by atoms with Gasteiger partial charge in [0.2, 0.25) is 0 Å². The SMILES string of the molecule is O=C1C2=CN=CC2=C[S+]1[O-].c1ccsc1. The standard InChI is InChI=1S/C6H3NO2S.C4H4S/c8-6-5-2-7-1-4(5)3-10(6)9;1-2-4-5-3-1/h1-3H;1-4H. The Hall–Kier alpha value is -1.17. The van der Waals surface area contributed by atoms with Gasteiger partial charge in [-0.05, 0) is 10.8 Å². The molecule has 0 fully saturated rings. The van der Waals surface area contributed by atoms with Gasteiger partial charge in [-0.25, -0.2) is 4.79 Å². The quantitative estimate of drug-likeness (QED) is 0.647. The maximum Gasteiger partial charge on any atom is 0.367 e. The average Bonchev–Trinajstić information content (AvgIpc) is 2.91. The van der Waals surface area contributed by atoms with Crippen LogP contribution in [0, 0.1) is 0 Å². The van der Waals surface area contributed by atoms with Gasteiger partial charge < -0.3 is 4.55 Å². The summed E-state index contributed by atoms with van der Waals surface area (Å²) in [4.78, 5) is 14.6. The van der Waals surface area contributed by atoms with Crippen LogP contribution in [0.1, 0.15) is 0 Å². The second-order valence-corrected chi connectivity index (χ2v) is 4.79. The van der Waals surface area contributed by atoms with Gasteiger partial charge >= 0.3 is 5.12 Å². The van der Waals surface area contributed by atoms with Gasteiger partial charge in [0.05, 0.1) is 16.7 Å². The lowest BCUT2D eigenvalue weighted by molar-refractivity contribution is -0.108. The highest BCUT2D eigenvalue weighted by Gasteiger charge is 2.34. The molecule has 2 aliphatic heterocycles. The van der Waals surface area contributed by atoms with E-state index < -0.39 is 11.2 Å². The minimum absolute atomic E-state index is 0.326. The first-order valence-corrected chi connectivity index (χ1v) is 6.32. The predicted molar refractivity (Wildman–Crippen MR) is 62.1 cm³/mol. The van der Waals surface area contributed by atoms with Gasteiger partial charge in [-0.15, -0.1) is 0 Å². The molecule has 2 aliphatic rings. The zero-order valence-electron chi connectivity index (χ0n) is 7.62. The van der Waals surface area contributed by atoms with Crippen molar-refractivity contribution in [2.45, 2.75) is 0 Å². The van der Waals surface area contributed by atoms with Crippen molar-refractivity contribution in [3.8, 4) is 0 Å². The summed E-state index contributed by atoms with van der Waals surface area (Å²) in [6, 6.07) is 4.04. The third-order valence-corrected chi connectivity index (χ3v) is 3.47. The molecule has 3 nitrogen and oxygen atoms in total. The van der Waals surface area contributed by atoms with Gasteiger partial charge in [-0.1, -0.05) is 12.1 Å². The molecule has 0 aromatic carbocycles. The average molecular weight is 237 g/mol. The van der Waals surface area contributed by atoms with E-state index in [4.69, 9.17) is 0 Å². The maximum atomic E-state index is 10.9. The van der Waals surface area contributed by atoms with E-state index in [1.54, 1.807) is 11.3 Å². The largest absolute Gasteiger partial charge is 0.604 e. The number of aliphatic imine (C=N–C) groups is 1. The van der Waals surface area contributed by atoms with Crippen molar-refractivity contribution in [2.24, 2.45) is 4.99 Å². The molecule has 3 rings (SSSR count). The van der Waals surface area contributed by atoms with Gasteiger partial charge in [0.25, 0.3) is 0 Å². The topological polar surface area (TPSA) is 52.5 Å². The lowest BCUT2D eigenvalue weighted by Crippen LogP contribution is -2.06. The number of nitrogens with zero attached hydrogens (tertiary/aromatic N) is 1. The summed E-state index contributed by atoms with van der Waals surface area (Å²) in [5, 5.41) is 5.18. The lowest BCUT2D eigenvalue weighted by Gasteiger charge is -1.92. The van der Waals surface area contributed by atoms with Crippen molar-refractivity contribution in [3.05, 3.63) is 45.6 Å². The molecule has 5 heteroatoms. The molecule has 0 N–H and O–H groups in total. The summed E-state index contributed by atoms with van der Waals surface area (Å²) in [7, 11) is 0. The Morgan fingerprint density at radius 3 is 2.60 bits per heavy atom. The van der Waals surface area contributed by atoms with Crippen molar-refractivity contribution in [2.75, 3.05) is 0 Å². The van der Waals surface area contributed by atoms with Crippen LogP contribution < -0.4 is 0 Å². The first-order chi connectivity index (χ1) is 7.29. The molecule has 1 unspecified atom stereocenters. The van der Waals surface area contributed by atoms with E-state index in [2.05, 4.69) is 4.99 Å². The summed E-state index contributed by atoms with van der Waals surface area (Å²) >= 11 is 0.276. The van der Waals surface area contributed by atoms with Gasteiger partial charge in [0, 0.05) is 12.4 Å². The normalized spacial score (nSPS) is 21.7. The first-order valence-electron chi connectivity index (χ1n) is 4.16. The summed E-state index contributed by atoms with van der Waals surface area (Å²) in [6.07, 6.45) is 2.98. The van der Waals surface area contributed by atoms with E-state index in [-0.39, 0.29) is 5.12 Å². The molecular weight excluding hydrogens is 230 g/mol. The number of rotatable bonds is 0. The van der Waals surface area contributed by atoms with E-state index in [9.17, 15) is 9.35 Å². The maximum absolute atomic E-state index is 10.9. The Bertz CT molecular complexity index is 429. The minimum atomic E-state index is -1.44. The Balaban J connectivity index is 0.000000144. The molecule has 0 saturated heterocycles. The number of hydrogen-bond donors (Lipinski definition) is 0. The van der Waals surface area contributed by atoms with E-state index in [1.807, 2.05) is 22.9 Å². The molecule has 0 saturated carbocycles. The highest BCUT2D eigenvalue weighted by molar-refractivity contribution is 8.09. The summed E-state index contributed by atoms with van der Waals surface area (Å²) in [6.45, 7) is 0. The second kappa shape index (κ2) is 4.57. The van der Waals surface area contributed by atoms with Gasteiger partial charge in [0.1, 0.15) is 11.0 Å². The van der Waals surface area contributed by atoms with E-state index in [0.717, 1.165) is 0 Å². The molecular formula is C10H7NO2S2. The third kappa shape index (κ3) is 2.26. The van der Waals surface area contributed by atoms with Crippen molar-refractivity contribution < 1.29 is 9.35 Å². The van der Waals surface area contributed by atoms with Crippen LogP contribution in [0.25, 0.3) is 0 Å². The van der Waals surface area contributed by atoms with Crippen LogP contribution in [0.2, 0.25) is 0 Å². The summed E-state index contributed by atoms with van der Waals surface area (Å²) in [5.74, 6) is 0. The fraction of sp³-hybridized carbons (Fsp3) is 0. The fourth-order valence-electron chi connectivity index (χ4n) is 1.10. The second-order valence-electron chi connectivity index (χ2n) is 2.77. The number of carbonyl (C=O) groups excluding carboxylic acids is 1. The highest BCUT2D eigenvalue weighted by atomic mass is 32.2. The summed E-state index contributed by atoms with van der Waals surface area (Å²) < 4.78 is 10.8. The van der Waals surface area contributed by atoms with Gasteiger partial charge in [0.15, 0.2) is 0 Å². The van der Waals surface area contributed by atoms with Crippen molar-refractivity contribution in [1.29, 1.82) is 0 Å². The molecule has 76 valence electrons. The number of hydrogen-bond acceptors (Lipinski definition) is 4. The van der Waals surface area contributed by atoms with Crippen LogP contribution in [0.4, 0.5) is 0 Å². The minimum Gasteiger partial charge on any atom is -0.604 e. The number of carbonyl (C=O) groups is 1. The zero-order valence-corrected chi connectivity index (χ0v) is 9.25. The van der Waals surface area contributed by atoms with Crippen molar-refractivity contribution in [3.63, 3.8) is 0 Å². The number of allylic oxidation sites excluding steroid dienone is 1. The molecule has 0 bridgehead atoms. The van der Waals surface area contributed by atoms with Crippen molar-refractivity contribution >= 4 is 33.8 Å². The van der Waals surface area contributed by atoms with Crippen LogP contribution in [-0.4, -0.2) is 15.9 Å². The number of thiophene rings is 1. The highest BCUT2D eigenvalue weighted by Crippen LogP contribution is 2.26. The predicted octanol–water partition coefficient (Wildman–Crippen LogP) is 1.88. The Morgan fingerprint density at radius 1 is 1.33 bits per heavy atom. The van der Waals surface area contributed by atoms with Gasteiger partial charge in [-0.2, -0.15) is 11.3 Å².